The first-order valence-electron chi connectivity index (χ1n) is 6.14. The molecule has 0 fully saturated rings. The van der Waals surface area contributed by atoms with E-state index in [4.69, 9.17) is 8.94 Å². The second kappa shape index (κ2) is 4.91. The van der Waals surface area contributed by atoms with Crippen LogP contribution < -0.4 is 0 Å². The van der Waals surface area contributed by atoms with Crippen LogP contribution in [-0.2, 0) is 6.54 Å². The van der Waals surface area contributed by atoms with Crippen molar-refractivity contribution in [1.82, 2.24) is 10.1 Å². The third kappa shape index (κ3) is 2.54. The van der Waals surface area contributed by atoms with Gasteiger partial charge in [0.25, 0.3) is 5.91 Å². The molecule has 102 valence electrons. The molecule has 19 heavy (non-hydrogen) atoms. The van der Waals surface area contributed by atoms with Crippen LogP contribution in [0, 0.1) is 27.7 Å². The molecule has 0 aromatic carbocycles. The minimum absolute atomic E-state index is 0.0625. The topological polar surface area (TPSA) is 59.5 Å². The van der Waals surface area contributed by atoms with Gasteiger partial charge in [-0.25, -0.2) is 0 Å². The molecule has 0 N–H and O–H groups in total. The van der Waals surface area contributed by atoms with E-state index in [1.54, 1.807) is 18.9 Å². The fourth-order valence-electron chi connectivity index (χ4n) is 2.11. The Hall–Kier alpha value is -2.04. The molecule has 0 radical (unpaired) electrons. The summed E-state index contributed by atoms with van der Waals surface area (Å²) < 4.78 is 10.5. The van der Waals surface area contributed by atoms with Crippen LogP contribution in [0.3, 0.4) is 0 Å². The maximum atomic E-state index is 12.4. The number of aromatic nitrogens is 1. The van der Waals surface area contributed by atoms with Crippen LogP contribution in [0.2, 0.25) is 0 Å². The molecule has 0 spiro atoms. The Balaban J connectivity index is 2.19. The summed E-state index contributed by atoms with van der Waals surface area (Å²) in [6.45, 7) is 7.81. The van der Waals surface area contributed by atoms with Gasteiger partial charge in [0.2, 0.25) is 0 Å². The Morgan fingerprint density at radius 1 is 1.26 bits per heavy atom. The molecule has 0 unspecified atom stereocenters. The van der Waals surface area contributed by atoms with E-state index in [2.05, 4.69) is 5.16 Å². The van der Waals surface area contributed by atoms with Crippen molar-refractivity contribution >= 4 is 5.91 Å². The summed E-state index contributed by atoms with van der Waals surface area (Å²) in [6.07, 6.45) is 0. The molecule has 1 amide bonds. The zero-order valence-corrected chi connectivity index (χ0v) is 11.9. The van der Waals surface area contributed by atoms with Gasteiger partial charge >= 0.3 is 0 Å². The molecule has 5 heteroatoms. The molecule has 0 aliphatic rings. The van der Waals surface area contributed by atoms with Gasteiger partial charge in [-0.2, -0.15) is 0 Å². The number of carbonyl (C=O) groups excluding carboxylic acids is 1. The zero-order valence-electron chi connectivity index (χ0n) is 11.9. The largest absolute Gasteiger partial charge is 0.466 e. The third-order valence-electron chi connectivity index (χ3n) is 3.20. The van der Waals surface area contributed by atoms with E-state index in [-0.39, 0.29) is 5.91 Å². The first-order valence-corrected chi connectivity index (χ1v) is 6.14. The number of nitrogens with zero attached hydrogens (tertiary/aromatic N) is 2. The smallest absolute Gasteiger partial charge is 0.257 e. The lowest BCUT2D eigenvalue weighted by Gasteiger charge is -2.15. The van der Waals surface area contributed by atoms with Crippen LogP contribution in [0.25, 0.3) is 0 Å². The van der Waals surface area contributed by atoms with Crippen LogP contribution in [0.1, 0.15) is 38.9 Å². The summed E-state index contributed by atoms with van der Waals surface area (Å²) in [7, 11) is 1.74. The van der Waals surface area contributed by atoms with Crippen LogP contribution in [0.4, 0.5) is 0 Å². The van der Waals surface area contributed by atoms with Crippen molar-refractivity contribution in [3.63, 3.8) is 0 Å². The van der Waals surface area contributed by atoms with Gasteiger partial charge in [0.1, 0.15) is 23.0 Å². The van der Waals surface area contributed by atoms with E-state index in [1.807, 2.05) is 26.8 Å². The normalized spacial score (nSPS) is 10.8. The minimum Gasteiger partial charge on any atom is -0.466 e. The molecule has 2 aromatic rings. The number of furan rings is 1. The highest BCUT2D eigenvalue weighted by Gasteiger charge is 2.22. The number of hydrogen-bond acceptors (Lipinski definition) is 4. The van der Waals surface area contributed by atoms with Gasteiger partial charge in [0, 0.05) is 18.7 Å². The lowest BCUT2D eigenvalue weighted by atomic mass is 10.1. The number of rotatable bonds is 3. The van der Waals surface area contributed by atoms with E-state index in [1.165, 1.54) is 0 Å². The Bertz CT molecular complexity index is 610. The second-order valence-electron chi connectivity index (χ2n) is 4.80. The highest BCUT2D eigenvalue weighted by Crippen LogP contribution is 2.22. The zero-order chi connectivity index (χ0) is 14.2. The molecule has 0 atom stereocenters. The molecule has 2 heterocycles. The van der Waals surface area contributed by atoms with Crippen molar-refractivity contribution in [1.29, 1.82) is 0 Å². The highest BCUT2D eigenvalue weighted by atomic mass is 16.5. The van der Waals surface area contributed by atoms with Crippen molar-refractivity contribution in [2.45, 2.75) is 34.2 Å². The van der Waals surface area contributed by atoms with Crippen LogP contribution in [-0.4, -0.2) is 23.0 Å². The fraction of sp³-hybridized carbons (Fsp3) is 0.429. The molecular formula is C14H18N2O3. The number of aryl methyl sites for hydroxylation is 3. The van der Waals surface area contributed by atoms with Gasteiger partial charge in [-0.3, -0.25) is 4.79 Å². The van der Waals surface area contributed by atoms with Gasteiger partial charge < -0.3 is 13.8 Å². The van der Waals surface area contributed by atoms with E-state index < -0.39 is 0 Å². The van der Waals surface area contributed by atoms with Gasteiger partial charge in [0.05, 0.1) is 12.1 Å². The average molecular weight is 262 g/mol. The Morgan fingerprint density at radius 3 is 2.42 bits per heavy atom. The Labute approximate surface area is 112 Å². The van der Waals surface area contributed by atoms with Crippen LogP contribution in [0.5, 0.6) is 0 Å². The maximum Gasteiger partial charge on any atom is 0.257 e. The Morgan fingerprint density at radius 2 is 1.95 bits per heavy atom. The van der Waals surface area contributed by atoms with E-state index in [0.717, 1.165) is 22.8 Å². The molecule has 2 rings (SSSR count). The van der Waals surface area contributed by atoms with Crippen molar-refractivity contribution < 1.29 is 13.7 Å². The molecule has 5 nitrogen and oxygen atoms in total. The monoisotopic (exact) mass is 262 g/mol. The lowest BCUT2D eigenvalue weighted by molar-refractivity contribution is 0.0780. The predicted octanol–water partition coefficient (Wildman–Crippen LogP) is 2.77. The number of amides is 1. The van der Waals surface area contributed by atoms with Crippen molar-refractivity contribution in [3.8, 4) is 0 Å². The fourth-order valence-corrected chi connectivity index (χ4v) is 2.11. The predicted molar refractivity (Wildman–Crippen MR) is 70.0 cm³/mol. The number of hydrogen-bond donors (Lipinski definition) is 0. The van der Waals surface area contributed by atoms with Gasteiger partial charge in [-0.05, 0) is 27.7 Å². The lowest BCUT2D eigenvalue weighted by Crippen LogP contribution is -2.27. The first-order chi connectivity index (χ1) is 8.90. The molecule has 0 bridgehead atoms. The van der Waals surface area contributed by atoms with Crippen molar-refractivity contribution in [3.05, 3.63) is 40.2 Å². The van der Waals surface area contributed by atoms with Crippen LogP contribution >= 0.6 is 0 Å². The summed E-state index contributed by atoms with van der Waals surface area (Å²) >= 11 is 0. The van der Waals surface area contributed by atoms with Crippen molar-refractivity contribution in [2.75, 3.05) is 7.05 Å². The van der Waals surface area contributed by atoms with Gasteiger partial charge in [0.15, 0.2) is 0 Å². The summed E-state index contributed by atoms with van der Waals surface area (Å²) in [5.74, 6) is 2.12. The van der Waals surface area contributed by atoms with Crippen LogP contribution in [0.15, 0.2) is 15.0 Å². The standard InChI is InChI=1S/C14H18N2O3/c1-8-6-12(15-19-8)7-16(5)14(17)13-9(2)10(3)18-11(13)4/h6H,7H2,1-5H3. The summed E-state index contributed by atoms with van der Waals surface area (Å²) in [5.41, 5.74) is 2.27. The molecular weight excluding hydrogens is 244 g/mol. The highest BCUT2D eigenvalue weighted by molar-refractivity contribution is 5.96. The van der Waals surface area contributed by atoms with Gasteiger partial charge in [-0.1, -0.05) is 5.16 Å². The third-order valence-corrected chi connectivity index (χ3v) is 3.20. The molecule has 0 saturated heterocycles. The second-order valence-corrected chi connectivity index (χ2v) is 4.80. The Kier molecular flexibility index (Phi) is 3.46. The van der Waals surface area contributed by atoms with Crippen molar-refractivity contribution in [2.24, 2.45) is 0 Å². The summed E-state index contributed by atoms with van der Waals surface area (Å²) in [6, 6.07) is 1.82. The molecule has 0 aliphatic heterocycles. The molecule has 0 aliphatic carbocycles. The van der Waals surface area contributed by atoms with E-state index >= 15 is 0 Å². The SMILES string of the molecule is Cc1cc(CN(C)C(=O)c2c(C)oc(C)c2C)no1. The maximum absolute atomic E-state index is 12.4. The number of carbonyl (C=O) groups is 1. The molecule has 2 aromatic heterocycles. The van der Waals surface area contributed by atoms with E-state index in [0.29, 0.717) is 17.9 Å². The first kappa shape index (κ1) is 13.4. The quantitative estimate of drug-likeness (QED) is 0.853. The summed E-state index contributed by atoms with van der Waals surface area (Å²) in [5, 5.41) is 3.89. The molecule has 0 saturated carbocycles. The average Bonchev–Trinajstić information content (AvgIpc) is 2.84. The minimum atomic E-state index is -0.0625. The van der Waals surface area contributed by atoms with Gasteiger partial charge in [-0.15, -0.1) is 0 Å². The summed E-state index contributed by atoms with van der Waals surface area (Å²) in [4.78, 5) is 14.0. The van der Waals surface area contributed by atoms with E-state index in [9.17, 15) is 4.79 Å².